The molecule has 0 bridgehead atoms. The number of pyridine rings is 1. The van der Waals surface area contributed by atoms with Crippen LogP contribution in [-0.2, 0) is 9.84 Å². The van der Waals surface area contributed by atoms with Gasteiger partial charge < -0.3 is 5.32 Å². The zero-order valence-electron chi connectivity index (χ0n) is 10.3. The number of hydrogen-bond donors (Lipinski definition) is 1. The Balaban J connectivity index is 2.51. The fourth-order valence-corrected chi connectivity index (χ4v) is 3.26. The van der Waals surface area contributed by atoms with Gasteiger partial charge in [0, 0.05) is 29.1 Å². The van der Waals surface area contributed by atoms with Crippen molar-refractivity contribution in [3.05, 3.63) is 24.0 Å². The van der Waals surface area contributed by atoms with Crippen molar-refractivity contribution in [1.82, 2.24) is 10.3 Å². The van der Waals surface area contributed by atoms with E-state index in [0.717, 1.165) is 10.6 Å². The minimum atomic E-state index is -2.87. The lowest BCUT2D eigenvalue weighted by atomic mass is 10.2. The Kier molecular flexibility index (Phi) is 5.42. The molecule has 0 spiro atoms. The van der Waals surface area contributed by atoms with Gasteiger partial charge >= 0.3 is 0 Å². The normalized spacial score (nSPS) is 13.6. The van der Waals surface area contributed by atoms with Gasteiger partial charge in [-0.25, -0.2) is 8.42 Å². The maximum absolute atomic E-state index is 11.0. The van der Waals surface area contributed by atoms with Gasteiger partial charge in [0.25, 0.3) is 0 Å². The van der Waals surface area contributed by atoms with Crippen molar-refractivity contribution in [3.63, 3.8) is 0 Å². The van der Waals surface area contributed by atoms with Gasteiger partial charge in [-0.15, -0.1) is 11.8 Å². The van der Waals surface area contributed by atoms with Crippen molar-refractivity contribution in [2.24, 2.45) is 0 Å². The van der Waals surface area contributed by atoms with E-state index in [1.807, 2.05) is 26.1 Å². The third kappa shape index (κ3) is 5.52. The van der Waals surface area contributed by atoms with Crippen molar-refractivity contribution in [1.29, 1.82) is 0 Å². The SMILES string of the molecule is CNC(C)c1ccc(SCCS(C)(=O)=O)cn1. The monoisotopic (exact) mass is 274 g/mol. The van der Waals surface area contributed by atoms with Crippen LogP contribution in [0.3, 0.4) is 0 Å². The molecule has 0 fully saturated rings. The summed E-state index contributed by atoms with van der Waals surface area (Å²) in [4.78, 5) is 5.33. The van der Waals surface area contributed by atoms with Crippen LogP contribution in [0.15, 0.2) is 23.2 Å². The van der Waals surface area contributed by atoms with Gasteiger partial charge in [0.05, 0.1) is 11.4 Å². The minimum absolute atomic E-state index is 0.201. The molecule has 6 heteroatoms. The highest BCUT2D eigenvalue weighted by Gasteiger charge is 2.05. The Morgan fingerprint density at radius 1 is 1.47 bits per heavy atom. The van der Waals surface area contributed by atoms with Gasteiger partial charge in [0.2, 0.25) is 0 Å². The van der Waals surface area contributed by atoms with E-state index < -0.39 is 9.84 Å². The number of thioether (sulfide) groups is 1. The number of rotatable bonds is 6. The van der Waals surface area contributed by atoms with Crippen LogP contribution in [0.1, 0.15) is 18.7 Å². The molecule has 0 aliphatic rings. The molecule has 0 aromatic carbocycles. The maximum atomic E-state index is 11.0. The number of nitrogens with zero attached hydrogens (tertiary/aromatic N) is 1. The van der Waals surface area contributed by atoms with Crippen molar-refractivity contribution in [2.75, 3.05) is 24.8 Å². The quantitative estimate of drug-likeness (QED) is 0.797. The zero-order chi connectivity index (χ0) is 12.9. The van der Waals surface area contributed by atoms with E-state index in [1.165, 1.54) is 18.0 Å². The Morgan fingerprint density at radius 3 is 2.65 bits per heavy atom. The Labute approximate surface area is 107 Å². The summed E-state index contributed by atoms with van der Waals surface area (Å²) in [6.07, 6.45) is 3.04. The second-order valence-corrected chi connectivity index (χ2v) is 7.34. The molecule has 96 valence electrons. The molecule has 1 aromatic rings. The molecular weight excluding hydrogens is 256 g/mol. The minimum Gasteiger partial charge on any atom is -0.312 e. The highest BCUT2D eigenvalue weighted by molar-refractivity contribution is 8.00. The Bertz CT molecular complexity index is 443. The molecule has 0 amide bonds. The van der Waals surface area contributed by atoms with Crippen molar-refractivity contribution in [3.8, 4) is 0 Å². The highest BCUT2D eigenvalue weighted by Crippen LogP contribution is 2.18. The molecule has 1 unspecified atom stereocenters. The van der Waals surface area contributed by atoms with Gasteiger partial charge in [-0.1, -0.05) is 0 Å². The lowest BCUT2D eigenvalue weighted by Crippen LogP contribution is -2.13. The molecular formula is C11H18N2O2S2. The molecule has 0 aliphatic carbocycles. The second-order valence-electron chi connectivity index (χ2n) is 3.91. The topological polar surface area (TPSA) is 59.1 Å². The molecule has 4 nitrogen and oxygen atoms in total. The number of aromatic nitrogens is 1. The number of nitrogens with one attached hydrogen (secondary N) is 1. The fourth-order valence-electron chi connectivity index (χ4n) is 1.19. The number of hydrogen-bond acceptors (Lipinski definition) is 5. The maximum Gasteiger partial charge on any atom is 0.148 e. The van der Waals surface area contributed by atoms with Crippen molar-refractivity contribution >= 4 is 21.6 Å². The van der Waals surface area contributed by atoms with Gasteiger partial charge in [0.15, 0.2) is 0 Å². The summed E-state index contributed by atoms with van der Waals surface area (Å²) in [6.45, 7) is 2.04. The van der Waals surface area contributed by atoms with Gasteiger partial charge in [0.1, 0.15) is 9.84 Å². The first-order valence-electron chi connectivity index (χ1n) is 5.36. The van der Waals surface area contributed by atoms with Crippen LogP contribution in [0, 0.1) is 0 Å². The summed E-state index contributed by atoms with van der Waals surface area (Å²) >= 11 is 1.51. The predicted octanol–water partition coefficient (Wildman–Crippen LogP) is 1.50. The van der Waals surface area contributed by atoms with Gasteiger partial charge in [-0.2, -0.15) is 0 Å². The molecule has 0 saturated carbocycles. The van der Waals surface area contributed by atoms with E-state index in [9.17, 15) is 8.42 Å². The first-order chi connectivity index (χ1) is 7.92. The smallest absolute Gasteiger partial charge is 0.148 e. The van der Waals surface area contributed by atoms with Crippen LogP contribution in [-0.4, -0.2) is 38.2 Å². The molecule has 1 N–H and O–H groups in total. The van der Waals surface area contributed by atoms with Crippen molar-refractivity contribution < 1.29 is 8.42 Å². The predicted molar refractivity (Wildman–Crippen MR) is 72.1 cm³/mol. The highest BCUT2D eigenvalue weighted by atomic mass is 32.2. The lowest BCUT2D eigenvalue weighted by molar-refractivity contribution is 0.603. The van der Waals surface area contributed by atoms with Gasteiger partial charge in [-0.3, -0.25) is 4.98 Å². The van der Waals surface area contributed by atoms with Crippen LogP contribution in [0.5, 0.6) is 0 Å². The van der Waals surface area contributed by atoms with Crippen LogP contribution in [0.4, 0.5) is 0 Å². The second kappa shape index (κ2) is 6.37. The van der Waals surface area contributed by atoms with Crippen LogP contribution in [0.25, 0.3) is 0 Å². The third-order valence-electron chi connectivity index (χ3n) is 2.36. The van der Waals surface area contributed by atoms with E-state index in [1.54, 1.807) is 6.20 Å². The molecule has 1 heterocycles. The molecule has 17 heavy (non-hydrogen) atoms. The zero-order valence-corrected chi connectivity index (χ0v) is 11.9. The molecule has 0 aliphatic heterocycles. The number of sulfone groups is 1. The van der Waals surface area contributed by atoms with Crippen LogP contribution in [0.2, 0.25) is 0 Å². The van der Waals surface area contributed by atoms with Crippen LogP contribution >= 0.6 is 11.8 Å². The summed E-state index contributed by atoms with van der Waals surface area (Å²) < 4.78 is 21.9. The molecule has 1 aromatic heterocycles. The Morgan fingerprint density at radius 2 is 2.18 bits per heavy atom. The average Bonchev–Trinajstić information content (AvgIpc) is 2.27. The first kappa shape index (κ1) is 14.5. The largest absolute Gasteiger partial charge is 0.312 e. The summed E-state index contributed by atoms with van der Waals surface area (Å²) in [5.41, 5.74) is 0.986. The van der Waals surface area contributed by atoms with Gasteiger partial charge in [-0.05, 0) is 26.1 Å². The standard InChI is InChI=1S/C11H18N2O2S2/c1-9(12-2)11-5-4-10(8-13-11)16-6-7-17(3,14)15/h4-5,8-9,12H,6-7H2,1-3H3. The molecule has 1 rings (SSSR count). The summed E-state index contributed by atoms with van der Waals surface area (Å²) in [5, 5.41) is 3.12. The summed E-state index contributed by atoms with van der Waals surface area (Å²) in [6, 6.07) is 4.16. The van der Waals surface area contributed by atoms with Crippen molar-refractivity contribution in [2.45, 2.75) is 17.9 Å². The van der Waals surface area contributed by atoms with E-state index in [0.29, 0.717) is 5.75 Å². The fraction of sp³-hybridized carbons (Fsp3) is 0.545. The van der Waals surface area contributed by atoms with E-state index in [-0.39, 0.29) is 11.8 Å². The van der Waals surface area contributed by atoms with E-state index >= 15 is 0 Å². The average molecular weight is 274 g/mol. The van der Waals surface area contributed by atoms with E-state index in [4.69, 9.17) is 0 Å². The molecule has 0 saturated heterocycles. The molecule has 0 radical (unpaired) electrons. The third-order valence-corrected chi connectivity index (χ3v) is 4.55. The molecule has 1 atom stereocenters. The first-order valence-corrected chi connectivity index (χ1v) is 8.41. The summed E-state index contributed by atoms with van der Waals surface area (Å²) in [7, 11) is -0.981. The lowest BCUT2D eigenvalue weighted by Gasteiger charge is -2.09. The Hall–Kier alpha value is -0.590. The van der Waals surface area contributed by atoms with E-state index in [2.05, 4.69) is 10.3 Å². The summed E-state index contributed by atoms with van der Waals surface area (Å²) in [5.74, 6) is 0.772. The van der Waals surface area contributed by atoms with Crippen LogP contribution < -0.4 is 5.32 Å².